The molecular formula is C11H14ClN3. The molecule has 4 heteroatoms. The molecule has 0 saturated carbocycles. The lowest BCUT2D eigenvalue weighted by Crippen LogP contribution is -2.23. The number of rotatable bonds is 1. The van der Waals surface area contributed by atoms with Crippen molar-refractivity contribution in [2.24, 2.45) is 4.99 Å². The minimum Gasteiger partial charge on any atom is -0.354 e. The van der Waals surface area contributed by atoms with E-state index in [1.54, 1.807) is 0 Å². The summed E-state index contributed by atoms with van der Waals surface area (Å²) in [7, 11) is 0. The lowest BCUT2D eigenvalue weighted by atomic mass is 10.1. The van der Waals surface area contributed by atoms with E-state index in [4.69, 9.17) is 11.6 Å². The maximum Gasteiger partial charge on any atom is 0.196 e. The molecule has 0 spiro atoms. The van der Waals surface area contributed by atoms with Crippen LogP contribution in [0.4, 0.5) is 5.69 Å². The highest BCUT2D eigenvalue weighted by atomic mass is 35.5. The van der Waals surface area contributed by atoms with Crippen LogP contribution >= 0.6 is 11.6 Å². The molecule has 80 valence electrons. The molecule has 15 heavy (non-hydrogen) atoms. The predicted octanol–water partition coefficient (Wildman–Crippen LogP) is 2.14. The first-order valence-electron chi connectivity index (χ1n) is 5.00. The first kappa shape index (κ1) is 10.3. The van der Waals surface area contributed by atoms with Gasteiger partial charge in [0.1, 0.15) is 0 Å². The maximum absolute atomic E-state index is 6.15. The van der Waals surface area contributed by atoms with Crippen molar-refractivity contribution in [3.63, 3.8) is 0 Å². The van der Waals surface area contributed by atoms with Crippen LogP contribution in [0.5, 0.6) is 0 Å². The second-order valence-corrected chi connectivity index (χ2v) is 4.13. The van der Waals surface area contributed by atoms with E-state index in [2.05, 4.69) is 21.7 Å². The third-order valence-corrected chi connectivity index (χ3v) is 2.62. The Kier molecular flexibility index (Phi) is 2.82. The fraction of sp³-hybridized carbons (Fsp3) is 0.364. The molecule has 0 bridgehead atoms. The molecule has 1 saturated heterocycles. The van der Waals surface area contributed by atoms with E-state index >= 15 is 0 Å². The lowest BCUT2D eigenvalue weighted by Gasteiger charge is -2.06. The van der Waals surface area contributed by atoms with Crippen LogP contribution in [0, 0.1) is 13.8 Å². The van der Waals surface area contributed by atoms with E-state index in [0.29, 0.717) is 5.02 Å². The Morgan fingerprint density at radius 1 is 1.20 bits per heavy atom. The first-order valence-corrected chi connectivity index (χ1v) is 5.38. The molecule has 1 heterocycles. The number of guanidine groups is 1. The van der Waals surface area contributed by atoms with E-state index in [0.717, 1.165) is 35.9 Å². The molecule has 1 aromatic carbocycles. The van der Waals surface area contributed by atoms with Crippen LogP contribution in [-0.4, -0.2) is 19.0 Å². The van der Waals surface area contributed by atoms with E-state index < -0.39 is 0 Å². The van der Waals surface area contributed by atoms with Crippen molar-refractivity contribution < 1.29 is 0 Å². The van der Waals surface area contributed by atoms with Crippen molar-refractivity contribution in [2.45, 2.75) is 13.8 Å². The summed E-state index contributed by atoms with van der Waals surface area (Å²) in [5.74, 6) is 0.809. The van der Waals surface area contributed by atoms with Gasteiger partial charge >= 0.3 is 0 Å². The fourth-order valence-corrected chi connectivity index (χ4v) is 2.03. The number of nitrogens with zero attached hydrogens (tertiary/aromatic N) is 1. The van der Waals surface area contributed by atoms with Crippen molar-refractivity contribution in [2.75, 3.05) is 13.1 Å². The number of benzene rings is 1. The fourth-order valence-electron chi connectivity index (χ4n) is 1.66. The van der Waals surface area contributed by atoms with Gasteiger partial charge in [-0.2, -0.15) is 0 Å². The molecule has 0 amide bonds. The van der Waals surface area contributed by atoms with Gasteiger partial charge in [-0.05, 0) is 31.0 Å². The third kappa shape index (κ3) is 2.23. The predicted molar refractivity (Wildman–Crippen MR) is 64.0 cm³/mol. The summed E-state index contributed by atoms with van der Waals surface area (Å²) in [4.78, 5) is 4.46. The van der Waals surface area contributed by atoms with Crippen LogP contribution in [0.15, 0.2) is 17.1 Å². The largest absolute Gasteiger partial charge is 0.354 e. The van der Waals surface area contributed by atoms with Crippen molar-refractivity contribution in [3.8, 4) is 0 Å². The zero-order valence-electron chi connectivity index (χ0n) is 8.89. The standard InChI is InChI=1S/C11H14ClN3/c1-7-5-8(2)10(9(12)6-7)15-11-13-3-4-14-11/h5-6H,3-4H2,1-2H3,(H2,13,14,15). The Hall–Kier alpha value is -1.22. The first-order chi connectivity index (χ1) is 7.16. The van der Waals surface area contributed by atoms with Gasteiger partial charge in [0.05, 0.1) is 10.7 Å². The van der Waals surface area contributed by atoms with E-state index in [1.807, 2.05) is 19.9 Å². The van der Waals surface area contributed by atoms with Crippen LogP contribution in [0.3, 0.4) is 0 Å². The van der Waals surface area contributed by atoms with Gasteiger partial charge in [0.2, 0.25) is 0 Å². The molecule has 0 atom stereocenters. The van der Waals surface area contributed by atoms with E-state index in [9.17, 15) is 0 Å². The molecule has 1 aromatic rings. The third-order valence-electron chi connectivity index (χ3n) is 2.33. The minimum atomic E-state index is 0.704. The molecule has 1 aliphatic rings. The quantitative estimate of drug-likeness (QED) is 0.766. The molecule has 2 N–H and O–H groups in total. The Balaban J connectivity index is 2.39. The Morgan fingerprint density at radius 3 is 2.47 bits per heavy atom. The van der Waals surface area contributed by atoms with Gasteiger partial charge in [-0.3, -0.25) is 0 Å². The van der Waals surface area contributed by atoms with Crippen LogP contribution in [0.1, 0.15) is 11.1 Å². The Morgan fingerprint density at radius 2 is 1.87 bits per heavy atom. The van der Waals surface area contributed by atoms with Gasteiger partial charge in [0.25, 0.3) is 0 Å². The molecular weight excluding hydrogens is 210 g/mol. The number of hydrogen-bond donors (Lipinski definition) is 2. The number of nitrogens with one attached hydrogen (secondary N) is 2. The van der Waals surface area contributed by atoms with Crippen molar-refractivity contribution in [1.29, 1.82) is 0 Å². The number of aliphatic imine (C=N–C) groups is 1. The normalized spacial score (nSPS) is 14.7. The zero-order valence-corrected chi connectivity index (χ0v) is 9.65. The molecule has 0 unspecified atom stereocenters. The van der Waals surface area contributed by atoms with Crippen LogP contribution in [-0.2, 0) is 0 Å². The molecule has 0 aliphatic carbocycles. The van der Waals surface area contributed by atoms with Gasteiger partial charge in [-0.25, -0.2) is 4.99 Å². The van der Waals surface area contributed by atoms with Crippen molar-refractivity contribution in [3.05, 3.63) is 28.3 Å². The summed E-state index contributed by atoms with van der Waals surface area (Å²) in [6.07, 6.45) is 0. The Labute approximate surface area is 94.5 Å². The lowest BCUT2D eigenvalue weighted by molar-refractivity contribution is 0.942. The van der Waals surface area contributed by atoms with Crippen molar-refractivity contribution in [1.82, 2.24) is 10.6 Å². The summed E-state index contributed by atoms with van der Waals surface area (Å²) in [6, 6.07) is 4.02. The highest BCUT2D eigenvalue weighted by Gasteiger charge is 2.09. The van der Waals surface area contributed by atoms with Crippen LogP contribution in [0.2, 0.25) is 5.02 Å². The molecule has 1 fully saturated rings. The number of hydrogen-bond acceptors (Lipinski definition) is 1. The van der Waals surface area contributed by atoms with Gasteiger partial charge < -0.3 is 10.6 Å². The highest BCUT2D eigenvalue weighted by Crippen LogP contribution is 2.30. The molecule has 3 nitrogen and oxygen atoms in total. The zero-order chi connectivity index (χ0) is 10.8. The minimum absolute atomic E-state index is 0.704. The van der Waals surface area contributed by atoms with E-state index in [-0.39, 0.29) is 0 Å². The maximum atomic E-state index is 6.15. The second-order valence-electron chi connectivity index (χ2n) is 3.73. The van der Waals surface area contributed by atoms with E-state index in [1.165, 1.54) is 0 Å². The van der Waals surface area contributed by atoms with Gasteiger partial charge in [-0.15, -0.1) is 0 Å². The smallest absolute Gasteiger partial charge is 0.196 e. The molecule has 2 rings (SSSR count). The molecule has 0 aromatic heterocycles. The molecule has 1 aliphatic heterocycles. The summed E-state index contributed by atoms with van der Waals surface area (Å²) >= 11 is 6.15. The highest BCUT2D eigenvalue weighted by molar-refractivity contribution is 6.33. The topological polar surface area (TPSA) is 36.4 Å². The van der Waals surface area contributed by atoms with Gasteiger partial charge in [0.15, 0.2) is 5.96 Å². The summed E-state index contributed by atoms with van der Waals surface area (Å²) in [6.45, 7) is 5.89. The average Bonchev–Trinajstić information content (AvgIpc) is 2.63. The Bertz CT molecular complexity index is 381. The SMILES string of the molecule is Cc1cc(C)c(N=C2NCCN2)c(Cl)c1. The summed E-state index contributed by atoms with van der Waals surface area (Å²) in [5.41, 5.74) is 3.11. The summed E-state index contributed by atoms with van der Waals surface area (Å²) in [5, 5.41) is 7.01. The van der Waals surface area contributed by atoms with Crippen LogP contribution < -0.4 is 10.6 Å². The average molecular weight is 224 g/mol. The van der Waals surface area contributed by atoms with Gasteiger partial charge in [0, 0.05) is 13.1 Å². The summed E-state index contributed by atoms with van der Waals surface area (Å²) < 4.78 is 0. The monoisotopic (exact) mass is 223 g/mol. The number of halogens is 1. The number of aryl methyl sites for hydroxylation is 2. The second kappa shape index (κ2) is 4.11. The van der Waals surface area contributed by atoms with Crippen molar-refractivity contribution >= 4 is 23.2 Å². The molecule has 0 radical (unpaired) electrons. The van der Waals surface area contributed by atoms with Crippen LogP contribution in [0.25, 0.3) is 0 Å². The van der Waals surface area contributed by atoms with Gasteiger partial charge in [-0.1, -0.05) is 17.7 Å².